The van der Waals surface area contributed by atoms with Gasteiger partial charge in [-0.2, -0.15) is 10.2 Å². The van der Waals surface area contributed by atoms with Gasteiger partial charge in [0.15, 0.2) is 11.6 Å². The Hall–Kier alpha value is -2.89. The molecule has 136 valence electrons. The second-order valence-electron chi connectivity index (χ2n) is 5.50. The van der Waals surface area contributed by atoms with Crippen LogP contribution in [0.3, 0.4) is 0 Å². The van der Waals surface area contributed by atoms with Crippen LogP contribution in [-0.2, 0) is 6.54 Å². The Morgan fingerprint density at radius 2 is 2.11 bits per heavy atom. The quantitative estimate of drug-likeness (QED) is 0.647. The fraction of sp³-hybridized carbons (Fsp3) is 0.0556. The van der Waals surface area contributed by atoms with Gasteiger partial charge in [-0.3, -0.25) is 4.57 Å². The SMILES string of the molecule is N#Cc1cc(Cl)cc(Oc2c(Br)ccc(Cn3ccc(N)nc3=O)c2F)c1. The van der Waals surface area contributed by atoms with Gasteiger partial charge in [0.05, 0.1) is 22.7 Å². The van der Waals surface area contributed by atoms with Crippen LogP contribution in [0.25, 0.3) is 0 Å². The Balaban J connectivity index is 1.98. The molecule has 0 atom stereocenters. The first-order valence-corrected chi connectivity index (χ1v) is 8.73. The molecule has 3 aromatic rings. The lowest BCUT2D eigenvalue weighted by Crippen LogP contribution is -2.24. The van der Waals surface area contributed by atoms with Gasteiger partial charge >= 0.3 is 5.69 Å². The molecule has 2 N–H and O–H groups in total. The number of nitriles is 1. The number of aromatic nitrogens is 2. The van der Waals surface area contributed by atoms with Crippen LogP contribution in [0.5, 0.6) is 11.5 Å². The van der Waals surface area contributed by atoms with Crippen molar-refractivity contribution in [2.45, 2.75) is 6.54 Å². The van der Waals surface area contributed by atoms with Gasteiger partial charge in [0.25, 0.3) is 0 Å². The van der Waals surface area contributed by atoms with Gasteiger partial charge in [0.1, 0.15) is 11.6 Å². The predicted octanol–water partition coefficient (Wildman–Crippen LogP) is 4.09. The van der Waals surface area contributed by atoms with Crippen molar-refractivity contribution >= 4 is 33.3 Å². The summed E-state index contributed by atoms with van der Waals surface area (Å²) in [6.45, 7) is -0.0550. The van der Waals surface area contributed by atoms with Gasteiger partial charge in [-0.1, -0.05) is 17.7 Å². The summed E-state index contributed by atoms with van der Waals surface area (Å²) in [4.78, 5) is 15.5. The molecule has 3 rings (SSSR count). The minimum atomic E-state index is -0.661. The van der Waals surface area contributed by atoms with Crippen molar-refractivity contribution in [2.75, 3.05) is 5.73 Å². The molecule has 27 heavy (non-hydrogen) atoms. The van der Waals surface area contributed by atoms with E-state index in [1.54, 1.807) is 6.07 Å². The van der Waals surface area contributed by atoms with Crippen LogP contribution in [0, 0.1) is 17.1 Å². The summed E-state index contributed by atoms with van der Waals surface area (Å²) < 4.78 is 22.2. The number of benzene rings is 2. The van der Waals surface area contributed by atoms with Crippen molar-refractivity contribution in [1.82, 2.24) is 9.55 Å². The van der Waals surface area contributed by atoms with Crippen LogP contribution in [0.2, 0.25) is 5.02 Å². The van der Waals surface area contributed by atoms with Crippen molar-refractivity contribution in [1.29, 1.82) is 5.26 Å². The Morgan fingerprint density at radius 1 is 1.33 bits per heavy atom. The molecule has 0 aliphatic carbocycles. The molecule has 1 aromatic heterocycles. The zero-order valence-corrected chi connectivity index (χ0v) is 16.0. The number of ether oxygens (including phenoxy) is 1. The fourth-order valence-electron chi connectivity index (χ4n) is 2.34. The lowest BCUT2D eigenvalue weighted by Gasteiger charge is -2.13. The smallest absolute Gasteiger partial charge is 0.349 e. The van der Waals surface area contributed by atoms with E-state index in [-0.39, 0.29) is 40.0 Å². The van der Waals surface area contributed by atoms with Crippen LogP contribution in [0.1, 0.15) is 11.1 Å². The highest BCUT2D eigenvalue weighted by Gasteiger charge is 2.16. The number of hydrogen-bond acceptors (Lipinski definition) is 5. The molecule has 0 aliphatic heterocycles. The normalized spacial score (nSPS) is 10.4. The lowest BCUT2D eigenvalue weighted by molar-refractivity contribution is 0.434. The third kappa shape index (κ3) is 4.27. The van der Waals surface area contributed by atoms with E-state index >= 15 is 0 Å². The summed E-state index contributed by atoms with van der Waals surface area (Å²) in [7, 11) is 0. The maximum absolute atomic E-state index is 15.0. The topological polar surface area (TPSA) is 93.9 Å². The molecular weight excluding hydrogens is 439 g/mol. The highest BCUT2D eigenvalue weighted by molar-refractivity contribution is 9.10. The number of anilines is 1. The maximum atomic E-state index is 15.0. The first-order chi connectivity index (χ1) is 12.9. The number of nitrogens with two attached hydrogens (primary N) is 1. The minimum absolute atomic E-state index is 0.0550. The van der Waals surface area contributed by atoms with Crippen LogP contribution in [0.15, 0.2) is 51.9 Å². The van der Waals surface area contributed by atoms with Crippen molar-refractivity contribution in [2.24, 2.45) is 0 Å². The first kappa shape index (κ1) is 18.9. The lowest BCUT2D eigenvalue weighted by atomic mass is 10.2. The fourth-order valence-corrected chi connectivity index (χ4v) is 2.95. The van der Waals surface area contributed by atoms with Crippen LogP contribution < -0.4 is 16.2 Å². The molecule has 0 saturated carbocycles. The Labute approximate surface area is 166 Å². The van der Waals surface area contributed by atoms with E-state index in [2.05, 4.69) is 20.9 Å². The summed E-state index contributed by atoms with van der Waals surface area (Å²) in [5, 5.41) is 9.31. The molecule has 1 heterocycles. The molecule has 0 saturated heterocycles. The second-order valence-corrected chi connectivity index (χ2v) is 6.79. The molecule has 0 amide bonds. The average Bonchev–Trinajstić information content (AvgIpc) is 2.62. The van der Waals surface area contributed by atoms with Gasteiger partial charge in [-0.05, 0) is 46.3 Å². The van der Waals surface area contributed by atoms with Crippen molar-refractivity contribution in [3.8, 4) is 17.6 Å². The van der Waals surface area contributed by atoms with E-state index in [0.29, 0.717) is 4.47 Å². The van der Waals surface area contributed by atoms with Crippen LogP contribution >= 0.6 is 27.5 Å². The number of rotatable bonds is 4. The van der Waals surface area contributed by atoms with Crippen molar-refractivity contribution in [3.63, 3.8) is 0 Å². The summed E-state index contributed by atoms with van der Waals surface area (Å²) >= 11 is 9.19. The van der Waals surface area contributed by atoms with E-state index < -0.39 is 11.5 Å². The molecule has 0 fully saturated rings. The third-order valence-electron chi connectivity index (χ3n) is 3.59. The summed E-state index contributed by atoms with van der Waals surface area (Å²) in [5.41, 5.74) is 5.36. The van der Waals surface area contributed by atoms with Gasteiger partial charge in [0, 0.05) is 16.8 Å². The van der Waals surface area contributed by atoms with Gasteiger partial charge < -0.3 is 10.5 Å². The van der Waals surface area contributed by atoms with Gasteiger partial charge in [-0.15, -0.1) is 0 Å². The molecule has 0 spiro atoms. The van der Waals surface area contributed by atoms with Crippen LogP contribution in [-0.4, -0.2) is 9.55 Å². The van der Waals surface area contributed by atoms with Crippen molar-refractivity contribution in [3.05, 3.63) is 79.5 Å². The zero-order valence-electron chi connectivity index (χ0n) is 13.6. The first-order valence-electron chi connectivity index (χ1n) is 7.56. The Morgan fingerprint density at radius 3 is 2.81 bits per heavy atom. The summed E-state index contributed by atoms with van der Waals surface area (Å²) in [6, 6.07) is 10.9. The van der Waals surface area contributed by atoms with Crippen LogP contribution in [0.4, 0.5) is 10.2 Å². The Bertz CT molecular complexity index is 1130. The predicted molar refractivity (Wildman–Crippen MR) is 102 cm³/mol. The van der Waals surface area contributed by atoms with E-state index in [9.17, 15) is 9.18 Å². The second kappa shape index (κ2) is 7.78. The number of nitrogen functional groups attached to an aromatic ring is 1. The molecule has 6 nitrogen and oxygen atoms in total. The third-order valence-corrected chi connectivity index (χ3v) is 4.43. The molecule has 0 bridgehead atoms. The summed E-state index contributed by atoms with van der Waals surface area (Å²) in [6.07, 6.45) is 1.43. The number of hydrogen-bond donors (Lipinski definition) is 1. The zero-order chi connectivity index (χ0) is 19.6. The Kier molecular flexibility index (Phi) is 5.44. The van der Waals surface area contributed by atoms with Crippen molar-refractivity contribution < 1.29 is 9.13 Å². The summed E-state index contributed by atoms with van der Waals surface area (Å²) in [5.74, 6) is -0.449. The molecular formula is C18H11BrClFN4O2. The average molecular weight is 450 g/mol. The molecule has 0 aliphatic rings. The molecule has 0 radical (unpaired) electrons. The van der Waals surface area contributed by atoms with Gasteiger partial charge in [0.2, 0.25) is 0 Å². The molecule has 2 aromatic carbocycles. The van der Waals surface area contributed by atoms with E-state index in [4.69, 9.17) is 27.3 Å². The van der Waals surface area contributed by atoms with E-state index in [0.717, 1.165) is 0 Å². The van der Waals surface area contributed by atoms with E-state index in [1.807, 2.05) is 6.07 Å². The van der Waals surface area contributed by atoms with E-state index in [1.165, 1.54) is 41.1 Å². The highest BCUT2D eigenvalue weighted by atomic mass is 79.9. The van der Waals surface area contributed by atoms with Gasteiger partial charge in [-0.25, -0.2) is 9.18 Å². The minimum Gasteiger partial charge on any atom is -0.453 e. The highest BCUT2D eigenvalue weighted by Crippen LogP contribution is 2.35. The largest absolute Gasteiger partial charge is 0.453 e. The standard InChI is InChI=1S/C18H11BrClFN4O2/c19-14-2-1-11(9-25-4-3-15(23)24-18(25)26)16(21)17(14)27-13-6-10(8-22)5-12(20)7-13/h1-7H,9H2,(H2,23,24,26). The number of nitrogens with zero attached hydrogens (tertiary/aromatic N) is 3. The molecule has 9 heteroatoms. The maximum Gasteiger partial charge on any atom is 0.349 e. The monoisotopic (exact) mass is 448 g/mol. The molecule has 0 unspecified atom stereocenters. The number of halogens is 3.